The van der Waals surface area contributed by atoms with Gasteiger partial charge in [-0.05, 0) is 86.9 Å². The van der Waals surface area contributed by atoms with Crippen molar-refractivity contribution in [2.45, 2.75) is 32.7 Å². The Balaban J connectivity index is 1.40. The number of amides is 1. The molecule has 1 aliphatic rings. The van der Waals surface area contributed by atoms with Crippen LogP contribution in [0.5, 0.6) is 5.75 Å². The number of rotatable bonds is 8. The Morgan fingerprint density at radius 3 is 2.45 bits per heavy atom. The second-order valence-corrected chi connectivity index (χ2v) is 10.6. The van der Waals surface area contributed by atoms with Crippen molar-refractivity contribution in [3.8, 4) is 16.9 Å². The number of carbonyl (C=O) groups is 1. The number of thiocarbonyl (C=S) groups is 1. The van der Waals surface area contributed by atoms with Crippen LogP contribution in [0.2, 0.25) is 10.0 Å². The topological polar surface area (TPSA) is 49.2 Å². The van der Waals surface area contributed by atoms with Gasteiger partial charge in [-0.15, -0.1) is 0 Å². The number of nitrogens with zero attached hydrogens (tertiary/aromatic N) is 3. The van der Waals surface area contributed by atoms with Gasteiger partial charge in [0.2, 0.25) is 5.69 Å². The van der Waals surface area contributed by atoms with E-state index in [1.807, 2.05) is 68.3 Å². The highest BCUT2D eigenvalue weighted by molar-refractivity contribution is 7.80. The maximum Gasteiger partial charge on any atom is 0.258 e. The number of benzene rings is 3. The van der Waals surface area contributed by atoms with Crippen molar-refractivity contribution in [2.24, 2.45) is 0 Å². The molecule has 0 aromatic heterocycles. The lowest BCUT2D eigenvalue weighted by Crippen LogP contribution is -2.44. The number of ether oxygens (including phenoxy) is 1. The molecule has 1 amide bonds. The Hall–Kier alpha value is -3.31. The Morgan fingerprint density at radius 2 is 1.82 bits per heavy atom. The first kappa shape index (κ1) is 27.7. The molecule has 3 aromatic rings. The second-order valence-electron chi connectivity index (χ2n) is 9.46. The fraction of sp³-hybridized carbons (Fsp3) is 0.276. The summed E-state index contributed by atoms with van der Waals surface area (Å²) >= 11 is 18.7. The molecule has 1 aliphatic heterocycles. The van der Waals surface area contributed by atoms with Crippen LogP contribution in [0.15, 0.2) is 54.6 Å². The zero-order valence-corrected chi connectivity index (χ0v) is 24.0. The third-order valence-electron chi connectivity index (χ3n) is 6.74. The van der Waals surface area contributed by atoms with Crippen molar-refractivity contribution < 1.29 is 9.53 Å². The summed E-state index contributed by atoms with van der Waals surface area (Å²) in [5.41, 5.74) is 3.76. The van der Waals surface area contributed by atoms with Crippen molar-refractivity contribution in [3.05, 3.63) is 81.6 Å². The zero-order valence-electron chi connectivity index (χ0n) is 21.6. The Bertz CT molecular complexity index is 1430. The van der Waals surface area contributed by atoms with Gasteiger partial charge in [0.25, 0.3) is 5.91 Å². The number of hydrogen-bond acceptors (Lipinski definition) is 4. The van der Waals surface area contributed by atoms with E-state index in [1.165, 1.54) is 4.90 Å². The van der Waals surface area contributed by atoms with Crippen molar-refractivity contribution in [3.63, 3.8) is 0 Å². The summed E-state index contributed by atoms with van der Waals surface area (Å²) in [6, 6.07) is 17.1. The van der Waals surface area contributed by atoms with Crippen molar-refractivity contribution in [2.75, 3.05) is 30.4 Å². The minimum Gasteiger partial charge on any atom is -0.493 e. The van der Waals surface area contributed by atoms with Crippen LogP contribution in [-0.4, -0.2) is 41.7 Å². The lowest BCUT2D eigenvalue weighted by Gasteiger charge is -2.29. The van der Waals surface area contributed by atoms with Gasteiger partial charge < -0.3 is 15.0 Å². The largest absolute Gasteiger partial charge is 0.493 e. The maximum absolute atomic E-state index is 13.4. The molecule has 0 spiro atoms. The average Bonchev–Trinajstić information content (AvgIpc) is 3.07. The summed E-state index contributed by atoms with van der Waals surface area (Å²) in [7, 11) is 1.88. The highest BCUT2D eigenvalue weighted by atomic mass is 35.5. The first-order valence-corrected chi connectivity index (χ1v) is 13.3. The molecular formula is C29H28Cl2N4O2S. The second kappa shape index (κ2) is 11.2. The first-order valence-electron chi connectivity index (χ1n) is 12.1. The van der Waals surface area contributed by atoms with Crippen LogP contribution in [0.25, 0.3) is 16.0 Å². The molecule has 3 aromatic carbocycles. The summed E-state index contributed by atoms with van der Waals surface area (Å²) in [5.74, 6) is 0.542. The molecule has 6 nitrogen and oxygen atoms in total. The van der Waals surface area contributed by atoms with Crippen LogP contribution in [0.4, 0.5) is 17.1 Å². The van der Waals surface area contributed by atoms with E-state index < -0.39 is 5.54 Å². The van der Waals surface area contributed by atoms with Gasteiger partial charge in [0, 0.05) is 24.8 Å². The van der Waals surface area contributed by atoms with Gasteiger partial charge in [-0.1, -0.05) is 41.4 Å². The highest BCUT2D eigenvalue weighted by Crippen LogP contribution is 2.39. The summed E-state index contributed by atoms with van der Waals surface area (Å²) in [4.78, 5) is 20.3. The van der Waals surface area contributed by atoms with Gasteiger partial charge in [0.05, 0.1) is 28.9 Å². The Kier molecular flexibility index (Phi) is 8.17. The van der Waals surface area contributed by atoms with Crippen LogP contribution in [0.1, 0.15) is 25.8 Å². The minimum absolute atomic E-state index is 0.136. The number of anilines is 2. The molecule has 0 radical (unpaired) electrons. The predicted molar refractivity (Wildman–Crippen MR) is 160 cm³/mol. The van der Waals surface area contributed by atoms with E-state index in [4.69, 9.17) is 46.7 Å². The highest BCUT2D eigenvalue weighted by Gasteiger charge is 2.49. The zero-order chi connectivity index (χ0) is 27.6. The summed E-state index contributed by atoms with van der Waals surface area (Å²) in [6.07, 6.45) is 0.645. The Morgan fingerprint density at radius 1 is 1.11 bits per heavy atom. The molecule has 9 heteroatoms. The predicted octanol–water partition coefficient (Wildman–Crippen LogP) is 7.74. The van der Waals surface area contributed by atoms with Gasteiger partial charge in [0.1, 0.15) is 11.3 Å². The third kappa shape index (κ3) is 5.17. The van der Waals surface area contributed by atoms with E-state index in [0.717, 1.165) is 16.8 Å². The van der Waals surface area contributed by atoms with Gasteiger partial charge in [-0.3, -0.25) is 9.69 Å². The van der Waals surface area contributed by atoms with E-state index in [2.05, 4.69) is 10.2 Å². The normalized spacial score (nSPS) is 14.6. The molecule has 1 saturated heterocycles. The molecule has 4 rings (SSSR count). The molecule has 0 aliphatic carbocycles. The molecule has 0 atom stereocenters. The molecule has 0 saturated carbocycles. The number of hydrogen-bond donors (Lipinski definition) is 1. The van der Waals surface area contributed by atoms with Crippen molar-refractivity contribution in [1.82, 2.24) is 4.90 Å². The SMILES string of the molecule is [C-]#[N+]c1ccc(N2C(=O)C(C)(C)N(CCCOc3ccc(-c4ccc(NC)cc4)c(Cl)c3)C2=S)c(C)c1Cl. The first-order chi connectivity index (χ1) is 18.1. The molecule has 0 bridgehead atoms. The van der Waals surface area contributed by atoms with E-state index in [9.17, 15) is 4.79 Å². The average molecular weight is 568 g/mol. The molecule has 196 valence electrons. The van der Waals surface area contributed by atoms with Gasteiger partial charge in [-0.2, -0.15) is 0 Å². The van der Waals surface area contributed by atoms with Crippen LogP contribution in [0.3, 0.4) is 0 Å². The molecular weight excluding hydrogens is 539 g/mol. The molecule has 0 unspecified atom stereocenters. The van der Waals surface area contributed by atoms with E-state index in [-0.39, 0.29) is 5.91 Å². The lowest BCUT2D eigenvalue weighted by atomic mass is 10.0. The minimum atomic E-state index is -0.831. The van der Waals surface area contributed by atoms with Crippen LogP contribution >= 0.6 is 35.4 Å². The van der Waals surface area contributed by atoms with Crippen LogP contribution < -0.4 is 15.0 Å². The van der Waals surface area contributed by atoms with Gasteiger partial charge >= 0.3 is 0 Å². The molecule has 1 heterocycles. The standard InChI is InChI=1S/C29H28Cl2N4O2S/c1-18-25(14-13-24(33-5)26(18)31)35-27(36)29(2,3)34(28(35)38)15-6-16-37-21-11-12-22(23(30)17-21)19-7-9-20(32-4)10-8-19/h7-14,17,32H,6,15-16H2,1-4H3. The van der Waals surface area contributed by atoms with Crippen LogP contribution in [-0.2, 0) is 4.79 Å². The quantitative estimate of drug-likeness (QED) is 0.171. The summed E-state index contributed by atoms with van der Waals surface area (Å²) in [5, 5.41) is 4.46. The fourth-order valence-corrected chi connectivity index (χ4v) is 5.44. The Labute approximate surface area is 238 Å². The number of carbonyl (C=O) groups excluding carboxylic acids is 1. The molecule has 38 heavy (non-hydrogen) atoms. The third-order valence-corrected chi connectivity index (χ3v) is 7.93. The molecule has 1 fully saturated rings. The summed E-state index contributed by atoms with van der Waals surface area (Å²) < 4.78 is 5.97. The molecule has 1 N–H and O–H groups in total. The maximum atomic E-state index is 13.4. The number of nitrogens with one attached hydrogen (secondary N) is 1. The van der Waals surface area contributed by atoms with Crippen LogP contribution in [0, 0.1) is 13.5 Å². The fourth-order valence-electron chi connectivity index (χ4n) is 4.46. The monoisotopic (exact) mass is 566 g/mol. The summed E-state index contributed by atoms with van der Waals surface area (Å²) in [6.45, 7) is 13.7. The van der Waals surface area contributed by atoms with Gasteiger partial charge in [-0.25, -0.2) is 4.85 Å². The van der Waals surface area contributed by atoms with Crippen molar-refractivity contribution >= 4 is 63.5 Å². The van der Waals surface area contributed by atoms with E-state index >= 15 is 0 Å². The smallest absolute Gasteiger partial charge is 0.258 e. The lowest BCUT2D eigenvalue weighted by molar-refractivity contribution is -0.123. The van der Waals surface area contributed by atoms with Gasteiger partial charge in [0.15, 0.2) is 5.11 Å². The number of halogens is 2. The van der Waals surface area contributed by atoms with E-state index in [1.54, 1.807) is 19.1 Å². The van der Waals surface area contributed by atoms with Crippen molar-refractivity contribution in [1.29, 1.82) is 0 Å². The van der Waals surface area contributed by atoms with E-state index in [0.29, 0.717) is 57.4 Å².